The lowest BCUT2D eigenvalue weighted by atomic mass is 9.75. The van der Waals surface area contributed by atoms with Crippen molar-refractivity contribution in [3.8, 4) is 11.5 Å². The molecule has 2 N–H and O–H groups in total. The molecule has 1 amide bonds. The molecule has 0 saturated carbocycles. The topological polar surface area (TPSA) is 64.8 Å². The standard InChI is InChI=1S/C35H30N2O3/c1-39-29-20-18-25(19-21-29)34(36)31-23-22-30(40-2)24-32(31)37(33(34)38)35(26-12-6-3-7-13-26,27-14-8-4-9-15-27)28-16-10-5-11-17-28/h3-24H,36H2,1-2H3. The van der Waals surface area contributed by atoms with Gasteiger partial charge in [0, 0.05) is 11.6 Å². The Labute approximate surface area is 234 Å². The second kappa shape index (κ2) is 10.0. The number of amides is 1. The smallest absolute Gasteiger partial charge is 0.257 e. The van der Waals surface area contributed by atoms with Gasteiger partial charge in [0.15, 0.2) is 0 Å². The third-order valence-electron chi connectivity index (χ3n) is 7.87. The molecule has 0 spiro atoms. The Kier molecular flexibility index (Phi) is 6.37. The van der Waals surface area contributed by atoms with Crippen molar-refractivity contribution in [3.05, 3.63) is 161 Å². The number of nitrogens with zero attached hydrogens (tertiary/aromatic N) is 1. The lowest BCUT2D eigenvalue weighted by Gasteiger charge is -2.44. The molecule has 5 aromatic carbocycles. The summed E-state index contributed by atoms with van der Waals surface area (Å²) in [5, 5.41) is 0. The first-order valence-electron chi connectivity index (χ1n) is 13.2. The number of rotatable bonds is 7. The molecule has 0 saturated heterocycles. The van der Waals surface area contributed by atoms with Crippen LogP contribution in [0, 0.1) is 0 Å². The largest absolute Gasteiger partial charge is 0.497 e. The van der Waals surface area contributed by atoms with E-state index in [9.17, 15) is 0 Å². The zero-order chi connectivity index (χ0) is 27.7. The summed E-state index contributed by atoms with van der Waals surface area (Å²) in [4.78, 5) is 17.0. The summed E-state index contributed by atoms with van der Waals surface area (Å²) < 4.78 is 11.0. The monoisotopic (exact) mass is 526 g/mol. The predicted octanol–water partition coefficient (Wildman–Crippen LogP) is 6.24. The van der Waals surface area contributed by atoms with Crippen molar-refractivity contribution < 1.29 is 14.3 Å². The third kappa shape index (κ3) is 3.70. The van der Waals surface area contributed by atoms with Gasteiger partial charge in [-0.3, -0.25) is 9.69 Å². The van der Waals surface area contributed by atoms with Gasteiger partial charge in [-0.05, 0) is 40.5 Å². The van der Waals surface area contributed by atoms with Crippen LogP contribution in [-0.4, -0.2) is 20.1 Å². The van der Waals surface area contributed by atoms with Crippen LogP contribution < -0.4 is 20.1 Å². The number of carbonyl (C=O) groups is 1. The quantitative estimate of drug-likeness (QED) is 0.255. The first-order valence-corrected chi connectivity index (χ1v) is 13.2. The van der Waals surface area contributed by atoms with Gasteiger partial charge in [0.05, 0.1) is 19.9 Å². The highest BCUT2D eigenvalue weighted by Crippen LogP contribution is 2.53. The Morgan fingerprint density at radius 3 is 1.52 bits per heavy atom. The molecule has 40 heavy (non-hydrogen) atoms. The highest BCUT2D eigenvalue weighted by Gasteiger charge is 2.57. The van der Waals surface area contributed by atoms with Crippen LogP contribution in [-0.2, 0) is 15.9 Å². The first-order chi connectivity index (χ1) is 19.5. The summed E-state index contributed by atoms with van der Waals surface area (Å²) in [5.41, 5.74) is 9.68. The lowest BCUT2D eigenvalue weighted by molar-refractivity contribution is -0.122. The van der Waals surface area contributed by atoms with E-state index in [1.165, 1.54) is 0 Å². The Bertz CT molecular complexity index is 1540. The molecule has 5 nitrogen and oxygen atoms in total. The minimum Gasteiger partial charge on any atom is -0.497 e. The third-order valence-corrected chi connectivity index (χ3v) is 7.87. The summed E-state index contributed by atoms with van der Waals surface area (Å²) in [6.45, 7) is 0. The van der Waals surface area contributed by atoms with E-state index in [-0.39, 0.29) is 5.91 Å². The van der Waals surface area contributed by atoms with Crippen molar-refractivity contribution in [2.24, 2.45) is 5.73 Å². The molecule has 5 heteroatoms. The molecular formula is C35H30N2O3. The van der Waals surface area contributed by atoms with E-state index in [0.29, 0.717) is 28.3 Å². The highest BCUT2D eigenvalue weighted by molar-refractivity contribution is 6.12. The van der Waals surface area contributed by atoms with Crippen molar-refractivity contribution in [2.75, 3.05) is 19.1 Å². The molecular weight excluding hydrogens is 496 g/mol. The van der Waals surface area contributed by atoms with Crippen molar-refractivity contribution in [2.45, 2.75) is 11.1 Å². The summed E-state index contributed by atoms with van der Waals surface area (Å²) in [7, 11) is 3.24. The number of fused-ring (bicyclic) bond motifs is 1. The van der Waals surface area contributed by atoms with Crippen LogP contribution in [0.2, 0.25) is 0 Å². The van der Waals surface area contributed by atoms with Gasteiger partial charge in [0.1, 0.15) is 22.6 Å². The SMILES string of the molecule is COc1ccc(C2(N)C(=O)N(C(c3ccccc3)(c3ccccc3)c3ccccc3)c3cc(OC)ccc32)cc1. The number of hydrogen-bond donors (Lipinski definition) is 1. The molecule has 198 valence electrons. The molecule has 6 rings (SSSR count). The van der Waals surface area contributed by atoms with Crippen molar-refractivity contribution in [1.82, 2.24) is 0 Å². The predicted molar refractivity (Wildman–Crippen MR) is 158 cm³/mol. The van der Waals surface area contributed by atoms with Gasteiger partial charge in [-0.15, -0.1) is 0 Å². The lowest BCUT2D eigenvalue weighted by Crippen LogP contribution is -2.56. The van der Waals surface area contributed by atoms with E-state index in [4.69, 9.17) is 15.2 Å². The van der Waals surface area contributed by atoms with Crippen LogP contribution in [0.1, 0.15) is 27.8 Å². The molecule has 0 radical (unpaired) electrons. The van der Waals surface area contributed by atoms with Crippen LogP contribution in [0.15, 0.2) is 133 Å². The van der Waals surface area contributed by atoms with Crippen LogP contribution in [0.3, 0.4) is 0 Å². The fourth-order valence-electron chi connectivity index (χ4n) is 5.95. The number of ether oxygens (including phenoxy) is 2. The second-order valence-electron chi connectivity index (χ2n) is 9.87. The van der Waals surface area contributed by atoms with E-state index >= 15 is 4.79 Å². The van der Waals surface area contributed by atoms with Crippen molar-refractivity contribution >= 4 is 11.6 Å². The van der Waals surface area contributed by atoms with Crippen molar-refractivity contribution in [3.63, 3.8) is 0 Å². The number of hydrogen-bond acceptors (Lipinski definition) is 4. The van der Waals surface area contributed by atoms with Gasteiger partial charge in [0.25, 0.3) is 5.91 Å². The maximum absolute atomic E-state index is 15.1. The van der Waals surface area contributed by atoms with Gasteiger partial charge in [-0.2, -0.15) is 0 Å². The van der Waals surface area contributed by atoms with Crippen LogP contribution in [0.5, 0.6) is 11.5 Å². The number of carbonyl (C=O) groups excluding carboxylic acids is 1. The fraction of sp³-hybridized carbons (Fsp3) is 0.114. The van der Waals surface area contributed by atoms with Crippen LogP contribution in [0.25, 0.3) is 0 Å². The Balaban J connectivity index is 1.73. The minimum atomic E-state index is -1.45. The molecule has 1 aliphatic heterocycles. The van der Waals surface area contributed by atoms with Gasteiger partial charge in [0.2, 0.25) is 0 Å². The maximum Gasteiger partial charge on any atom is 0.257 e. The summed E-state index contributed by atoms with van der Waals surface area (Å²) in [6, 6.07) is 43.4. The molecule has 0 aliphatic carbocycles. The van der Waals surface area contributed by atoms with Crippen LogP contribution >= 0.6 is 0 Å². The molecule has 0 bridgehead atoms. The Hall–Kier alpha value is -4.87. The fourth-order valence-corrected chi connectivity index (χ4v) is 5.95. The molecule has 1 atom stereocenters. The van der Waals surface area contributed by atoms with E-state index < -0.39 is 11.1 Å². The Morgan fingerprint density at radius 1 is 0.625 bits per heavy atom. The first kappa shape index (κ1) is 25.4. The molecule has 1 unspecified atom stereocenters. The average Bonchev–Trinajstić information content (AvgIpc) is 3.26. The van der Waals surface area contributed by atoms with Crippen LogP contribution in [0.4, 0.5) is 5.69 Å². The minimum absolute atomic E-state index is 0.238. The van der Waals surface area contributed by atoms with Crippen molar-refractivity contribution in [1.29, 1.82) is 0 Å². The number of nitrogens with two attached hydrogens (primary N) is 1. The molecule has 5 aromatic rings. The van der Waals surface area contributed by atoms with E-state index in [1.54, 1.807) is 14.2 Å². The van der Waals surface area contributed by atoms with E-state index in [0.717, 1.165) is 16.7 Å². The summed E-state index contributed by atoms with van der Waals surface area (Å²) >= 11 is 0. The highest BCUT2D eigenvalue weighted by atomic mass is 16.5. The number of methoxy groups -OCH3 is 2. The Morgan fingerprint density at radius 2 is 1.07 bits per heavy atom. The summed E-state index contributed by atoms with van der Waals surface area (Å²) in [5.74, 6) is 1.09. The molecule has 0 aromatic heterocycles. The second-order valence-corrected chi connectivity index (χ2v) is 9.87. The number of anilines is 1. The van der Waals surface area contributed by atoms with Gasteiger partial charge >= 0.3 is 0 Å². The molecule has 0 fully saturated rings. The number of benzene rings is 5. The van der Waals surface area contributed by atoms with E-state index in [1.807, 2.05) is 102 Å². The molecule has 1 heterocycles. The maximum atomic E-state index is 15.1. The van der Waals surface area contributed by atoms with Gasteiger partial charge in [-0.1, -0.05) is 109 Å². The zero-order valence-electron chi connectivity index (χ0n) is 22.5. The normalized spacial score (nSPS) is 16.5. The molecule has 1 aliphatic rings. The van der Waals surface area contributed by atoms with Gasteiger partial charge in [-0.25, -0.2) is 0 Å². The average molecular weight is 527 g/mol. The van der Waals surface area contributed by atoms with E-state index in [2.05, 4.69) is 36.4 Å². The van der Waals surface area contributed by atoms with Gasteiger partial charge < -0.3 is 15.2 Å². The zero-order valence-corrected chi connectivity index (χ0v) is 22.5. The summed E-state index contributed by atoms with van der Waals surface area (Å²) in [6.07, 6.45) is 0.